The minimum atomic E-state index is -0.0383. The molecule has 2 aromatic heterocycles. The minimum absolute atomic E-state index is 0.0383. The molecule has 1 aliphatic rings. The Morgan fingerprint density at radius 1 is 1.38 bits per heavy atom. The Kier molecular flexibility index (Phi) is 4.03. The number of aromatic nitrogens is 1. The van der Waals surface area contributed by atoms with Gasteiger partial charge in [-0.05, 0) is 25.0 Å². The predicted octanol–water partition coefficient (Wildman–Crippen LogP) is 2.86. The maximum absolute atomic E-state index is 11.7. The van der Waals surface area contributed by atoms with Gasteiger partial charge in [0.05, 0.1) is 17.1 Å². The Morgan fingerprint density at radius 3 is 2.90 bits per heavy atom. The molecule has 2 aromatic rings. The first-order chi connectivity index (χ1) is 10.1. The third-order valence-corrected chi connectivity index (χ3v) is 4.97. The van der Waals surface area contributed by atoms with Gasteiger partial charge >= 0.3 is 0 Å². The summed E-state index contributed by atoms with van der Waals surface area (Å²) in [6, 6.07) is 3.97. The van der Waals surface area contributed by atoms with Gasteiger partial charge < -0.3 is 10.6 Å². The van der Waals surface area contributed by atoms with Gasteiger partial charge in [0, 0.05) is 23.1 Å². The van der Waals surface area contributed by atoms with Gasteiger partial charge in [0.2, 0.25) is 11.8 Å². The molecule has 0 aromatic carbocycles. The molecular weight excluding hydrogens is 306 g/mol. The van der Waals surface area contributed by atoms with Crippen LogP contribution < -0.4 is 10.6 Å². The van der Waals surface area contributed by atoms with Crippen LogP contribution in [0.25, 0.3) is 10.6 Å². The van der Waals surface area contributed by atoms with Crippen LogP contribution in [0.15, 0.2) is 17.5 Å². The van der Waals surface area contributed by atoms with Gasteiger partial charge in [-0.15, -0.1) is 22.7 Å². The second kappa shape index (κ2) is 5.95. The number of carbonyl (C=O) groups is 2. The number of hydrogen-bond acceptors (Lipinski definition) is 5. The molecule has 21 heavy (non-hydrogen) atoms. The van der Waals surface area contributed by atoms with Crippen molar-refractivity contribution in [1.29, 1.82) is 0 Å². The molecule has 1 saturated carbocycles. The number of amides is 2. The normalized spacial score (nSPS) is 14.0. The highest BCUT2D eigenvalue weighted by atomic mass is 32.1. The average molecular weight is 321 g/mol. The summed E-state index contributed by atoms with van der Waals surface area (Å²) in [5, 5.41) is 8.22. The highest BCUT2D eigenvalue weighted by Gasteiger charge is 2.30. The van der Waals surface area contributed by atoms with E-state index in [0.29, 0.717) is 11.7 Å². The molecule has 2 amide bonds. The Bertz CT molecular complexity index is 673. The molecule has 1 aliphatic carbocycles. The lowest BCUT2D eigenvalue weighted by molar-refractivity contribution is -0.119. The van der Waals surface area contributed by atoms with E-state index in [-0.39, 0.29) is 17.7 Å². The van der Waals surface area contributed by atoms with Crippen molar-refractivity contribution in [3.05, 3.63) is 22.4 Å². The van der Waals surface area contributed by atoms with Crippen LogP contribution in [0, 0.1) is 5.92 Å². The summed E-state index contributed by atoms with van der Waals surface area (Å²) >= 11 is 3.03. The van der Waals surface area contributed by atoms with Crippen LogP contribution in [-0.4, -0.2) is 16.8 Å². The number of rotatable bonds is 5. The van der Waals surface area contributed by atoms with Crippen molar-refractivity contribution in [3.8, 4) is 10.6 Å². The number of nitrogens with one attached hydrogen (secondary N) is 2. The lowest BCUT2D eigenvalue weighted by Crippen LogP contribution is -2.17. The van der Waals surface area contributed by atoms with E-state index >= 15 is 0 Å². The van der Waals surface area contributed by atoms with E-state index in [1.54, 1.807) is 11.3 Å². The molecule has 1 fully saturated rings. The first-order valence-electron chi connectivity index (χ1n) is 6.72. The van der Waals surface area contributed by atoms with Gasteiger partial charge in [0.25, 0.3) is 0 Å². The van der Waals surface area contributed by atoms with E-state index < -0.39 is 0 Å². The smallest absolute Gasteiger partial charge is 0.229 e. The molecule has 0 spiro atoms. The fourth-order valence-electron chi connectivity index (χ4n) is 1.82. The summed E-state index contributed by atoms with van der Waals surface area (Å²) in [6.45, 7) is 2.04. The van der Waals surface area contributed by atoms with E-state index in [4.69, 9.17) is 0 Å². The molecule has 3 rings (SSSR count). The zero-order chi connectivity index (χ0) is 14.8. The topological polar surface area (TPSA) is 71.1 Å². The Balaban J connectivity index is 1.65. The van der Waals surface area contributed by atoms with Crippen LogP contribution in [0.5, 0.6) is 0 Å². The highest BCUT2D eigenvalue weighted by Crippen LogP contribution is 2.33. The number of thiazole rings is 1. The Hall–Kier alpha value is -1.73. The molecule has 2 N–H and O–H groups in total. The third-order valence-electron chi connectivity index (χ3n) is 3.11. The first kappa shape index (κ1) is 14.2. The maximum Gasteiger partial charge on any atom is 0.229 e. The van der Waals surface area contributed by atoms with Crippen LogP contribution in [0.2, 0.25) is 0 Å². The van der Waals surface area contributed by atoms with E-state index in [2.05, 4.69) is 15.6 Å². The largest absolute Gasteiger partial charge is 0.351 e. The van der Waals surface area contributed by atoms with Gasteiger partial charge in [-0.1, -0.05) is 0 Å². The molecular formula is C14H15N3O2S2. The first-order valence-corrected chi connectivity index (χ1v) is 8.41. The highest BCUT2D eigenvalue weighted by molar-refractivity contribution is 7.17. The zero-order valence-corrected chi connectivity index (χ0v) is 13.1. The molecule has 0 radical (unpaired) electrons. The molecule has 2 heterocycles. The second-order valence-electron chi connectivity index (χ2n) is 4.98. The summed E-state index contributed by atoms with van der Waals surface area (Å²) in [4.78, 5) is 29.2. The van der Waals surface area contributed by atoms with Crippen molar-refractivity contribution in [2.75, 3.05) is 5.32 Å². The number of anilines is 1. The molecule has 5 nitrogen and oxygen atoms in total. The van der Waals surface area contributed by atoms with Gasteiger partial charge in [-0.3, -0.25) is 9.59 Å². The van der Waals surface area contributed by atoms with Crippen LogP contribution in [0.4, 0.5) is 5.13 Å². The van der Waals surface area contributed by atoms with Crippen LogP contribution in [-0.2, 0) is 16.1 Å². The Labute approximate surface area is 130 Å². The summed E-state index contributed by atoms with van der Waals surface area (Å²) in [6.07, 6.45) is 1.98. The van der Waals surface area contributed by atoms with Crippen LogP contribution >= 0.6 is 22.7 Å². The molecule has 0 saturated heterocycles. The van der Waals surface area contributed by atoms with Gasteiger partial charge in [-0.2, -0.15) is 0 Å². The molecule has 0 atom stereocenters. The molecule has 7 heteroatoms. The number of hydrogen-bond donors (Lipinski definition) is 2. The molecule has 0 bridgehead atoms. The SMILES string of the molecule is CC(=O)NCc1ccc(-c2csc(NC(=O)C3CC3)n2)s1. The average Bonchev–Trinajstić information content (AvgIpc) is 3.02. The summed E-state index contributed by atoms with van der Waals surface area (Å²) in [5.41, 5.74) is 0.866. The molecule has 0 unspecified atom stereocenters. The molecule has 110 valence electrons. The van der Waals surface area contributed by atoms with E-state index in [0.717, 1.165) is 28.3 Å². The van der Waals surface area contributed by atoms with Crippen molar-refractivity contribution in [1.82, 2.24) is 10.3 Å². The number of carbonyl (C=O) groups excluding carboxylic acids is 2. The van der Waals surface area contributed by atoms with Gasteiger partial charge in [0.1, 0.15) is 0 Å². The van der Waals surface area contributed by atoms with E-state index in [1.165, 1.54) is 18.3 Å². The van der Waals surface area contributed by atoms with Crippen molar-refractivity contribution < 1.29 is 9.59 Å². The van der Waals surface area contributed by atoms with E-state index in [9.17, 15) is 9.59 Å². The summed E-state index contributed by atoms with van der Waals surface area (Å²) in [5.74, 6) is 0.223. The third kappa shape index (κ3) is 3.68. The minimum Gasteiger partial charge on any atom is -0.351 e. The second-order valence-corrected chi connectivity index (χ2v) is 7.00. The number of nitrogens with zero attached hydrogens (tertiary/aromatic N) is 1. The van der Waals surface area contributed by atoms with E-state index in [1.807, 2.05) is 17.5 Å². The monoisotopic (exact) mass is 321 g/mol. The van der Waals surface area contributed by atoms with Gasteiger partial charge in [-0.25, -0.2) is 4.98 Å². The van der Waals surface area contributed by atoms with Crippen molar-refractivity contribution >= 4 is 39.6 Å². The zero-order valence-electron chi connectivity index (χ0n) is 11.5. The van der Waals surface area contributed by atoms with Gasteiger partial charge in [0.15, 0.2) is 5.13 Å². The molecule has 0 aliphatic heterocycles. The van der Waals surface area contributed by atoms with Crippen molar-refractivity contribution in [2.24, 2.45) is 5.92 Å². The van der Waals surface area contributed by atoms with Crippen LogP contribution in [0.1, 0.15) is 24.6 Å². The van der Waals surface area contributed by atoms with Crippen molar-refractivity contribution in [2.45, 2.75) is 26.3 Å². The lowest BCUT2D eigenvalue weighted by Gasteiger charge is -1.98. The maximum atomic E-state index is 11.7. The summed E-state index contributed by atoms with van der Waals surface area (Å²) < 4.78 is 0. The summed E-state index contributed by atoms with van der Waals surface area (Å²) in [7, 11) is 0. The standard InChI is InChI=1S/C14H15N3O2S2/c1-8(18)15-6-10-4-5-12(21-10)11-7-20-14(16-11)17-13(19)9-2-3-9/h4-5,7,9H,2-3,6H2,1H3,(H,15,18)(H,16,17,19). The predicted molar refractivity (Wildman–Crippen MR) is 84.3 cm³/mol. The fraction of sp³-hybridized carbons (Fsp3) is 0.357. The fourth-order valence-corrected chi connectivity index (χ4v) is 3.52. The van der Waals surface area contributed by atoms with Crippen LogP contribution in [0.3, 0.4) is 0 Å². The number of thiophene rings is 1. The lowest BCUT2D eigenvalue weighted by atomic mass is 10.3. The Morgan fingerprint density at radius 2 is 2.19 bits per heavy atom. The quantitative estimate of drug-likeness (QED) is 0.889. The van der Waals surface area contributed by atoms with Crippen molar-refractivity contribution in [3.63, 3.8) is 0 Å².